The molecule has 0 saturated carbocycles. The molecule has 0 radical (unpaired) electrons. The van der Waals surface area contributed by atoms with E-state index in [1.807, 2.05) is 30.3 Å². The summed E-state index contributed by atoms with van der Waals surface area (Å²) in [6.45, 7) is 4.82. The van der Waals surface area contributed by atoms with Crippen LogP contribution >= 0.6 is 0 Å². The average Bonchev–Trinajstić information content (AvgIpc) is 2.50. The molecule has 0 heterocycles. The molecule has 0 aliphatic heterocycles. The van der Waals surface area contributed by atoms with Crippen LogP contribution in [0.5, 0.6) is 5.75 Å². The zero-order chi connectivity index (χ0) is 14.2. The van der Waals surface area contributed by atoms with Crippen molar-refractivity contribution in [2.45, 2.75) is 13.3 Å². The van der Waals surface area contributed by atoms with Crippen LogP contribution in [0.1, 0.15) is 13.3 Å². The third-order valence-corrected chi connectivity index (χ3v) is 3.25. The highest BCUT2D eigenvalue weighted by molar-refractivity contribution is 5.51. The lowest BCUT2D eigenvalue weighted by atomic mass is 10.2. The first-order chi connectivity index (χ1) is 9.81. The summed E-state index contributed by atoms with van der Waals surface area (Å²) >= 11 is 0. The van der Waals surface area contributed by atoms with Crippen molar-refractivity contribution in [3.8, 4) is 5.75 Å². The molecule has 2 aromatic carbocycles. The maximum Gasteiger partial charge on any atom is 0.142 e. The number of ether oxygens (including phenoxy) is 1. The Balaban J connectivity index is 1.79. The summed E-state index contributed by atoms with van der Waals surface area (Å²) in [6, 6.07) is 18.1. The molecule has 0 aliphatic carbocycles. The second-order valence-electron chi connectivity index (χ2n) is 4.66. The van der Waals surface area contributed by atoms with Gasteiger partial charge < -0.3 is 15.4 Å². The predicted octanol–water partition coefficient (Wildman–Crippen LogP) is 3.56. The van der Waals surface area contributed by atoms with E-state index in [9.17, 15) is 0 Å². The van der Waals surface area contributed by atoms with E-state index in [0.717, 1.165) is 25.3 Å². The Morgan fingerprint density at radius 3 is 2.40 bits per heavy atom. The van der Waals surface area contributed by atoms with Crippen molar-refractivity contribution in [3.05, 3.63) is 54.6 Å². The molecule has 0 fully saturated rings. The van der Waals surface area contributed by atoms with Crippen molar-refractivity contribution < 1.29 is 4.74 Å². The van der Waals surface area contributed by atoms with Crippen LogP contribution in [0, 0.1) is 0 Å². The van der Waals surface area contributed by atoms with Crippen molar-refractivity contribution in [3.63, 3.8) is 0 Å². The van der Waals surface area contributed by atoms with E-state index < -0.39 is 0 Å². The number of nitrogens with zero attached hydrogens (tertiary/aromatic N) is 1. The number of hydrogen-bond donors (Lipinski definition) is 1. The molecule has 3 nitrogen and oxygen atoms in total. The van der Waals surface area contributed by atoms with Gasteiger partial charge in [-0.1, -0.05) is 30.3 Å². The van der Waals surface area contributed by atoms with Crippen LogP contribution in [0.3, 0.4) is 0 Å². The average molecular weight is 270 g/mol. The number of benzene rings is 2. The molecule has 0 atom stereocenters. The summed E-state index contributed by atoms with van der Waals surface area (Å²) in [7, 11) is 0. The number of nitrogens with two attached hydrogens (primary N) is 1. The van der Waals surface area contributed by atoms with Gasteiger partial charge in [-0.25, -0.2) is 0 Å². The molecule has 106 valence electrons. The smallest absolute Gasteiger partial charge is 0.142 e. The number of rotatable bonds is 7. The minimum atomic E-state index is 0.678. The molecule has 3 heteroatoms. The highest BCUT2D eigenvalue weighted by Gasteiger charge is 2.03. The summed E-state index contributed by atoms with van der Waals surface area (Å²) in [5.74, 6) is 0.773. The Morgan fingerprint density at radius 1 is 1.00 bits per heavy atom. The molecular weight excluding hydrogens is 248 g/mol. The summed E-state index contributed by atoms with van der Waals surface area (Å²) in [5, 5.41) is 0. The number of anilines is 2. The highest BCUT2D eigenvalue weighted by atomic mass is 16.5. The molecule has 0 spiro atoms. The molecule has 0 amide bonds. The monoisotopic (exact) mass is 270 g/mol. The van der Waals surface area contributed by atoms with E-state index in [4.69, 9.17) is 10.5 Å². The third kappa shape index (κ3) is 3.92. The Morgan fingerprint density at radius 2 is 1.70 bits per heavy atom. The molecule has 0 unspecified atom stereocenters. The van der Waals surface area contributed by atoms with E-state index in [2.05, 4.69) is 36.1 Å². The molecule has 0 aliphatic rings. The van der Waals surface area contributed by atoms with Crippen molar-refractivity contribution in [2.24, 2.45) is 0 Å². The van der Waals surface area contributed by atoms with Crippen molar-refractivity contribution in [2.75, 3.05) is 30.3 Å². The van der Waals surface area contributed by atoms with E-state index in [-0.39, 0.29) is 0 Å². The van der Waals surface area contributed by atoms with Gasteiger partial charge >= 0.3 is 0 Å². The van der Waals surface area contributed by atoms with Crippen molar-refractivity contribution in [1.29, 1.82) is 0 Å². The minimum absolute atomic E-state index is 0.678. The Kier molecular flexibility index (Phi) is 5.30. The van der Waals surface area contributed by atoms with Crippen LogP contribution in [0.4, 0.5) is 11.4 Å². The maximum atomic E-state index is 5.84. The Bertz CT molecular complexity index is 513. The number of hydrogen-bond acceptors (Lipinski definition) is 3. The summed E-state index contributed by atoms with van der Waals surface area (Å²) < 4.78 is 5.72. The second-order valence-corrected chi connectivity index (χ2v) is 4.66. The molecule has 0 bridgehead atoms. The minimum Gasteiger partial charge on any atom is -0.491 e. The summed E-state index contributed by atoms with van der Waals surface area (Å²) in [6.07, 6.45) is 0.969. The normalized spacial score (nSPS) is 10.2. The third-order valence-electron chi connectivity index (χ3n) is 3.25. The highest BCUT2D eigenvalue weighted by Crippen LogP contribution is 2.20. The van der Waals surface area contributed by atoms with Gasteiger partial charge in [-0.15, -0.1) is 0 Å². The van der Waals surface area contributed by atoms with Crippen molar-refractivity contribution >= 4 is 11.4 Å². The topological polar surface area (TPSA) is 38.5 Å². The van der Waals surface area contributed by atoms with Gasteiger partial charge in [0, 0.05) is 18.8 Å². The zero-order valence-electron chi connectivity index (χ0n) is 12.0. The van der Waals surface area contributed by atoms with Gasteiger partial charge in [-0.3, -0.25) is 0 Å². The van der Waals surface area contributed by atoms with E-state index in [1.54, 1.807) is 0 Å². The first kappa shape index (κ1) is 14.3. The van der Waals surface area contributed by atoms with E-state index in [0.29, 0.717) is 12.3 Å². The summed E-state index contributed by atoms with van der Waals surface area (Å²) in [4.78, 5) is 2.34. The van der Waals surface area contributed by atoms with Crippen molar-refractivity contribution in [1.82, 2.24) is 0 Å². The lowest BCUT2D eigenvalue weighted by Gasteiger charge is -2.23. The van der Waals surface area contributed by atoms with Crippen LogP contribution in [-0.4, -0.2) is 19.7 Å². The summed E-state index contributed by atoms with van der Waals surface area (Å²) in [5.41, 5.74) is 7.80. The molecular formula is C17H22N2O. The number of nitrogen functional groups attached to an aromatic ring is 1. The zero-order valence-corrected chi connectivity index (χ0v) is 12.0. The van der Waals surface area contributed by atoms with E-state index in [1.165, 1.54) is 5.69 Å². The van der Waals surface area contributed by atoms with Gasteiger partial charge in [0.15, 0.2) is 0 Å². The van der Waals surface area contributed by atoms with Crippen LogP contribution in [-0.2, 0) is 0 Å². The van der Waals surface area contributed by atoms with E-state index >= 15 is 0 Å². The Labute approximate surface area is 121 Å². The quantitative estimate of drug-likeness (QED) is 0.617. The molecule has 20 heavy (non-hydrogen) atoms. The standard InChI is InChI=1S/C17H22N2O/c1-2-19(15-9-4-3-5-10-15)13-8-14-20-17-12-7-6-11-16(17)18/h3-7,9-12H,2,8,13-14,18H2,1H3. The Hall–Kier alpha value is -2.16. The predicted molar refractivity (Wildman–Crippen MR) is 85.3 cm³/mol. The second kappa shape index (κ2) is 7.43. The molecule has 0 aromatic heterocycles. The van der Waals surface area contributed by atoms with Gasteiger partial charge in [0.1, 0.15) is 5.75 Å². The largest absolute Gasteiger partial charge is 0.491 e. The fourth-order valence-electron chi connectivity index (χ4n) is 2.16. The first-order valence-electron chi connectivity index (χ1n) is 7.08. The lowest BCUT2D eigenvalue weighted by molar-refractivity contribution is 0.313. The van der Waals surface area contributed by atoms with Gasteiger partial charge in [-0.2, -0.15) is 0 Å². The van der Waals surface area contributed by atoms with Gasteiger partial charge in [0.05, 0.1) is 12.3 Å². The van der Waals surface area contributed by atoms with Gasteiger partial charge in [0.25, 0.3) is 0 Å². The van der Waals surface area contributed by atoms with Crippen LogP contribution in [0.15, 0.2) is 54.6 Å². The fraction of sp³-hybridized carbons (Fsp3) is 0.294. The SMILES string of the molecule is CCN(CCCOc1ccccc1N)c1ccccc1. The fourth-order valence-corrected chi connectivity index (χ4v) is 2.16. The van der Waals surface area contributed by atoms with Gasteiger partial charge in [-0.05, 0) is 37.6 Å². The lowest BCUT2D eigenvalue weighted by Crippen LogP contribution is -2.25. The maximum absolute atomic E-state index is 5.84. The molecule has 2 N–H and O–H groups in total. The van der Waals surface area contributed by atoms with Crippen LogP contribution < -0.4 is 15.4 Å². The first-order valence-corrected chi connectivity index (χ1v) is 7.08. The van der Waals surface area contributed by atoms with Crippen LogP contribution in [0.25, 0.3) is 0 Å². The number of para-hydroxylation sites is 3. The molecule has 2 aromatic rings. The molecule has 0 saturated heterocycles. The van der Waals surface area contributed by atoms with Gasteiger partial charge in [0.2, 0.25) is 0 Å². The van der Waals surface area contributed by atoms with Crippen LogP contribution in [0.2, 0.25) is 0 Å². The molecule has 2 rings (SSSR count).